The number of hydrogen-bond acceptors (Lipinski definition) is 2. The van der Waals surface area contributed by atoms with Gasteiger partial charge in [-0.15, -0.1) is 0 Å². The van der Waals surface area contributed by atoms with Gasteiger partial charge in [0, 0.05) is 31.8 Å². The third-order valence-electron chi connectivity index (χ3n) is 3.87. The Hall–Kier alpha value is -1.71. The summed E-state index contributed by atoms with van der Waals surface area (Å²) in [6.45, 7) is 4.82. The maximum Gasteiger partial charge on any atom is 0.270 e. The van der Waals surface area contributed by atoms with E-state index in [1.165, 1.54) is 0 Å². The van der Waals surface area contributed by atoms with Gasteiger partial charge in [-0.3, -0.25) is 4.79 Å². The van der Waals surface area contributed by atoms with E-state index < -0.39 is 0 Å². The number of unbranched alkanes of at least 4 members (excludes halogenated alkanes) is 1. The van der Waals surface area contributed by atoms with Crippen LogP contribution in [0.25, 0.3) is 11.1 Å². The van der Waals surface area contributed by atoms with Gasteiger partial charge in [0.2, 0.25) is 0 Å². The number of hydrogen-bond donors (Lipinski definition) is 0. The number of carbonyl (C=O) groups is 1. The zero-order chi connectivity index (χ0) is 13.2. The van der Waals surface area contributed by atoms with Crippen molar-refractivity contribution in [2.75, 3.05) is 13.1 Å². The summed E-state index contributed by atoms with van der Waals surface area (Å²) < 4.78 is 7.55. The number of aryl methyl sites for hydroxylation is 1. The predicted octanol–water partition coefficient (Wildman–Crippen LogP) is 3.27. The van der Waals surface area contributed by atoms with Gasteiger partial charge in [0.05, 0.1) is 11.8 Å². The summed E-state index contributed by atoms with van der Waals surface area (Å²) in [6, 6.07) is 3.84. The molecule has 4 nitrogen and oxygen atoms in total. The second kappa shape index (κ2) is 5.11. The van der Waals surface area contributed by atoms with Crippen LogP contribution in [0.5, 0.6) is 0 Å². The van der Waals surface area contributed by atoms with Gasteiger partial charge in [0.15, 0.2) is 5.58 Å². The standard InChI is InChI=1S/C15H20N2O2/c1-2-3-9-17-12-6-10-19-14(12)11-13(17)15(18)16-7-4-5-8-16/h6,10-11H,2-5,7-9H2,1H3. The molecule has 0 radical (unpaired) electrons. The summed E-state index contributed by atoms with van der Waals surface area (Å²) in [5.74, 6) is 0.153. The highest BCUT2D eigenvalue weighted by molar-refractivity contribution is 5.97. The summed E-state index contributed by atoms with van der Waals surface area (Å²) in [5, 5.41) is 0. The third kappa shape index (κ3) is 2.15. The van der Waals surface area contributed by atoms with Crippen molar-refractivity contribution in [3.63, 3.8) is 0 Å². The Labute approximate surface area is 113 Å². The molecule has 102 valence electrons. The number of furan rings is 1. The minimum absolute atomic E-state index is 0.153. The molecule has 19 heavy (non-hydrogen) atoms. The van der Waals surface area contributed by atoms with Crippen molar-refractivity contribution in [2.24, 2.45) is 0 Å². The second-order valence-corrected chi connectivity index (χ2v) is 5.20. The number of nitrogens with zero attached hydrogens (tertiary/aromatic N) is 2. The number of carbonyl (C=O) groups excluding carboxylic acids is 1. The average molecular weight is 260 g/mol. The molecule has 2 aromatic heterocycles. The fraction of sp³-hybridized carbons (Fsp3) is 0.533. The number of likely N-dealkylation sites (tertiary alicyclic amines) is 1. The predicted molar refractivity (Wildman–Crippen MR) is 74.2 cm³/mol. The summed E-state index contributed by atoms with van der Waals surface area (Å²) in [7, 11) is 0. The van der Waals surface area contributed by atoms with Gasteiger partial charge < -0.3 is 13.9 Å². The lowest BCUT2D eigenvalue weighted by atomic mass is 10.3. The van der Waals surface area contributed by atoms with Crippen LogP contribution in [-0.2, 0) is 6.54 Å². The first-order valence-electron chi connectivity index (χ1n) is 7.17. The smallest absolute Gasteiger partial charge is 0.270 e. The maximum absolute atomic E-state index is 12.6. The van der Waals surface area contributed by atoms with Crippen molar-refractivity contribution in [3.05, 3.63) is 24.1 Å². The largest absolute Gasteiger partial charge is 0.463 e. The molecule has 0 bridgehead atoms. The first kappa shape index (κ1) is 12.3. The molecule has 0 N–H and O–H groups in total. The lowest BCUT2D eigenvalue weighted by Crippen LogP contribution is -2.29. The SMILES string of the molecule is CCCCn1c(C(=O)N2CCCC2)cc2occc21. The minimum atomic E-state index is 0.153. The normalized spacial score (nSPS) is 15.5. The van der Waals surface area contributed by atoms with E-state index in [1.54, 1.807) is 6.26 Å². The topological polar surface area (TPSA) is 38.4 Å². The van der Waals surface area contributed by atoms with Crippen LogP contribution in [0.2, 0.25) is 0 Å². The molecule has 0 aliphatic carbocycles. The van der Waals surface area contributed by atoms with Gasteiger partial charge in [0.25, 0.3) is 5.91 Å². The van der Waals surface area contributed by atoms with Gasteiger partial charge >= 0.3 is 0 Å². The van der Waals surface area contributed by atoms with E-state index in [0.29, 0.717) is 0 Å². The Balaban J connectivity index is 1.96. The Bertz CT molecular complexity index is 576. The molecule has 2 aromatic rings. The molecule has 1 aliphatic heterocycles. The first-order chi connectivity index (χ1) is 9.31. The zero-order valence-electron chi connectivity index (χ0n) is 11.4. The van der Waals surface area contributed by atoms with Crippen LogP contribution in [0.3, 0.4) is 0 Å². The van der Waals surface area contributed by atoms with E-state index >= 15 is 0 Å². The van der Waals surface area contributed by atoms with E-state index in [9.17, 15) is 4.79 Å². The fourth-order valence-corrected chi connectivity index (χ4v) is 2.79. The van der Waals surface area contributed by atoms with Crippen LogP contribution >= 0.6 is 0 Å². The maximum atomic E-state index is 12.6. The van der Waals surface area contributed by atoms with Gasteiger partial charge in [-0.2, -0.15) is 0 Å². The van der Waals surface area contributed by atoms with Crippen LogP contribution in [0.15, 0.2) is 22.8 Å². The number of fused-ring (bicyclic) bond motifs is 1. The van der Waals surface area contributed by atoms with Crippen molar-refractivity contribution in [2.45, 2.75) is 39.2 Å². The zero-order valence-corrected chi connectivity index (χ0v) is 11.4. The van der Waals surface area contributed by atoms with Crippen molar-refractivity contribution < 1.29 is 9.21 Å². The summed E-state index contributed by atoms with van der Waals surface area (Å²) in [4.78, 5) is 14.5. The molecule has 0 spiro atoms. The Morgan fingerprint density at radius 2 is 2.16 bits per heavy atom. The van der Waals surface area contributed by atoms with E-state index in [1.807, 2.05) is 17.0 Å². The molecule has 0 aromatic carbocycles. The van der Waals surface area contributed by atoms with Crippen molar-refractivity contribution in [1.82, 2.24) is 9.47 Å². The fourth-order valence-electron chi connectivity index (χ4n) is 2.79. The molecule has 0 saturated carbocycles. The van der Waals surface area contributed by atoms with Gasteiger partial charge in [-0.05, 0) is 19.3 Å². The molecule has 0 atom stereocenters. The van der Waals surface area contributed by atoms with Gasteiger partial charge in [-0.25, -0.2) is 0 Å². The molecular weight excluding hydrogens is 240 g/mol. The lowest BCUT2D eigenvalue weighted by Gasteiger charge is -2.17. The summed E-state index contributed by atoms with van der Waals surface area (Å²) >= 11 is 0. The van der Waals surface area contributed by atoms with Crippen LogP contribution in [0, 0.1) is 0 Å². The molecule has 1 saturated heterocycles. The molecule has 1 aliphatic rings. The highest BCUT2D eigenvalue weighted by atomic mass is 16.3. The first-order valence-corrected chi connectivity index (χ1v) is 7.17. The molecule has 3 rings (SSSR count). The van der Waals surface area contributed by atoms with Crippen molar-refractivity contribution >= 4 is 17.0 Å². The second-order valence-electron chi connectivity index (χ2n) is 5.20. The van der Waals surface area contributed by atoms with E-state index in [4.69, 9.17) is 4.42 Å². The Morgan fingerprint density at radius 3 is 2.89 bits per heavy atom. The quantitative estimate of drug-likeness (QED) is 0.846. The van der Waals surface area contributed by atoms with Crippen LogP contribution < -0.4 is 0 Å². The Morgan fingerprint density at radius 1 is 1.37 bits per heavy atom. The molecule has 1 fully saturated rings. The minimum Gasteiger partial charge on any atom is -0.463 e. The molecule has 3 heterocycles. The molecule has 0 unspecified atom stereocenters. The van der Waals surface area contributed by atoms with E-state index in [0.717, 1.165) is 62.1 Å². The Kier molecular flexibility index (Phi) is 3.32. The molecular formula is C15H20N2O2. The lowest BCUT2D eigenvalue weighted by molar-refractivity contribution is 0.0782. The number of amides is 1. The molecule has 1 amide bonds. The number of aromatic nitrogens is 1. The third-order valence-corrected chi connectivity index (χ3v) is 3.87. The van der Waals surface area contributed by atoms with Crippen LogP contribution in [0.1, 0.15) is 43.1 Å². The average Bonchev–Trinajstić information content (AvgIpc) is 3.12. The van der Waals surface area contributed by atoms with E-state index in [2.05, 4.69) is 11.5 Å². The highest BCUT2D eigenvalue weighted by Crippen LogP contribution is 2.24. The van der Waals surface area contributed by atoms with Crippen molar-refractivity contribution in [1.29, 1.82) is 0 Å². The van der Waals surface area contributed by atoms with Gasteiger partial charge in [-0.1, -0.05) is 13.3 Å². The molecule has 4 heteroatoms. The monoisotopic (exact) mass is 260 g/mol. The van der Waals surface area contributed by atoms with Crippen LogP contribution in [0.4, 0.5) is 0 Å². The van der Waals surface area contributed by atoms with Gasteiger partial charge in [0.1, 0.15) is 5.69 Å². The summed E-state index contributed by atoms with van der Waals surface area (Å²) in [5.41, 5.74) is 2.64. The highest BCUT2D eigenvalue weighted by Gasteiger charge is 2.24. The number of rotatable bonds is 4. The van der Waals surface area contributed by atoms with Crippen LogP contribution in [-0.4, -0.2) is 28.5 Å². The van der Waals surface area contributed by atoms with Crippen molar-refractivity contribution in [3.8, 4) is 0 Å². The van der Waals surface area contributed by atoms with E-state index in [-0.39, 0.29) is 5.91 Å². The summed E-state index contributed by atoms with van der Waals surface area (Å²) in [6.07, 6.45) is 6.14.